The third-order valence-corrected chi connectivity index (χ3v) is 3.69. The molecule has 5 N–H and O–H groups in total. The van der Waals surface area contributed by atoms with Gasteiger partial charge >= 0.3 is 0 Å². The fourth-order valence-corrected chi connectivity index (χ4v) is 2.51. The van der Waals surface area contributed by atoms with E-state index in [0.29, 0.717) is 11.2 Å². The van der Waals surface area contributed by atoms with Gasteiger partial charge in [-0.3, -0.25) is 4.57 Å². The smallest absolute Gasteiger partial charge is 0.166 e. The van der Waals surface area contributed by atoms with Gasteiger partial charge in [0.15, 0.2) is 11.9 Å². The molecule has 0 spiro atoms. The van der Waals surface area contributed by atoms with Crippen molar-refractivity contribution in [1.29, 1.82) is 5.26 Å². The minimum Gasteiger partial charge on any atom is -0.403 e. The lowest BCUT2D eigenvalue weighted by Gasteiger charge is -2.16. The Hall–Kier alpha value is -2.58. The van der Waals surface area contributed by atoms with E-state index in [1.165, 1.54) is 17.2 Å². The van der Waals surface area contributed by atoms with Gasteiger partial charge in [0.25, 0.3) is 0 Å². The second kappa shape index (κ2) is 5.90. The zero-order valence-electron chi connectivity index (χ0n) is 11.8. The normalized spacial score (nSPS) is 28.2. The maximum atomic E-state index is 10.1. The van der Waals surface area contributed by atoms with Gasteiger partial charge in [0.2, 0.25) is 0 Å². The number of fused-ring (bicyclic) bond motifs is 1. The van der Waals surface area contributed by atoms with E-state index in [-0.39, 0.29) is 11.3 Å². The van der Waals surface area contributed by atoms with Gasteiger partial charge in [0.05, 0.1) is 18.5 Å². The molecule has 2 aromatic rings. The number of nitrogens with two attached hydrogens (primary N) is 1. The zero-order valence-corrected chi connectivity index (χ0v) is 11.8. The zero-order chi connectivity index (χ0) is 16.6. The minimum atomic E-state index is -1.26. The number of allylic oxidation sites excluding steroid dienone is 1. The summed E-state index contributed by atoms with van der Waals surface area (Å²) in [6, 6.07) is 1.91. The number of nitrogens with zero attached hydrogens (tertiary/aromatic N) is 5. The van der Waals surface area contributed by atoms with Crippen LogP contribution in [0.2, 0.25) is 0 Å². The Bertz CT molecular complexity index is 797. The summed E-state index contributed by atoms with van der Waals surface area (Å²) < 4.78 is 6.86. The van der Waals surface area contributed by atoms with Crippen molar-refractivity contribution in [1.82, 2.24) is 19.5 Å². The summed E-state index contributed by atoms with van der Waals surface area (Å²) >= 11 is 0. The van der Waals surface area contributed by atoms with Gasteiger partial charge in [0.1, 0.15) is 41.9 Å². The quantitative estimate of drug-likeness (QED) is 0.481. The average Bonchev–Trinajstić information content (AvgIpc) is 3.11. The maximum Gasteiger partial charge on any atom is 0.166 e. The fourth-order valence-electron chi connectivity index (χ4n) is 2.51. The predicted molar refractivity (Wildman–Crippen MR) is 76.1 cm³/mol. The number of aromatic nitrogens is 4. The Balaban J connectivity index is 2.08. The van der Waals surface area contributed by atoms with Crippen LogP contribution in [-0.4, -0.2) is 59.8 Å². The number of aliphatic hydroxyl groups excluding tert-OH is 3. The van der Waals surface area contributed by atoms with Crippen molar-refractivity contribution in [3.8, 4) is 6.07 Å². The molecule has 0 saturated carbocycles. The average molecular weight is 318 g/mol. The number of ether oxygens (including phenoxy) is 1. The molecule has 1 aliphatic rings. The van der Waals surface area contributed by atoms with Crippen LogP contribution in [0.3, 0.4) is 0 Å². The summed E-state index contributed by atoms with van der Waals surface area (Å²) in [6.07, 6.45) is -0.666. The standard InChI is InChI=1S/C13H14N6O4/c14-1-6(2-15)8-9-12(17-4-16-8)19(5-18-9)13-11(22)10(21)7(3-20)23-13/h1,4-5,7,10-11,13,20-22H,3,14H2/b6-1+/t7-,10-,11-,13-/m1/s1. The lowest BCUT2D eigenvalue weighted by atomic mass is 10.1. The second-order valence-electron chi connectivity index (χ2n) is 4.97. The molecule has 1 fully saturated rings. The van der Waals surface area contributed by atoms with Crippen LogP contribution in [0.15, 0.2) is 18.9 Å². The molecule has 2 aromatic heterocycles. The van der Waals surface area contributed by atoms with Gasteiger partial charge in [-0.05, 0) is 0 Å². The Morgan fingerprint density at radius 1 is 1.39 bits per heavy atom. The second-order valence-corrected chi connectivity index (χ2v) is 4.97. The van der Waals surface area contributed by atoms with Crippen LogP contribution >= 0.6 is 0 Å². The Kier molecular flexibility index (Phi) is 3.93. The van der Waals surface area contributed by atoms with E-state index in [9.17, 15) is 10.2 Å². The van der Waals surface area contributed by atoms with E-state index >= 15 is 0 Å². The van der Waals surface area contributed by atoms with Gasteiger partial charge in [-0.2, -0.15) is 5.26 Å². The summed E-state index contributed by atoms with van der Waals surface area (Å²) in [4.78, 5) is 12.2. The van der Waals surface area contributed by atoms with E-state index in [1.54, 1.807) is 0 Å². The van der Waals surface area contributed by atoms with E-state index in [4.69, 9.17) is 20.8 Å². The maximum absolute atomic E-state index is 10.1. The van der Waals surface area contributed by atoms with Crippen LogP contribution in [0.1, 0.15) is 11.9 Å². The molecule has 4 atom stereocenters. The molecule has 0 amide bonds. The van der Waals surface area contributed by atoms with Gasteiger partial charge in [0, 0.05) is 6.20 Å². The molecule has 1 saturated heterocycles. The molecule has 120 valence electrons. The molecule has 0 aliphatic carbocycles. The lowest BCUT2D eigenvalue weighted by Crippen LogP contribution is -2.33. The van der Waals surface area contributed by atoms with Crippen molar-refractivity contribution in [3.05, 3.63) is 24.5 Å². The molecule has 23 heavy (non-hydrogen) atoms. The summed E-state index contributed by atoms with van der Waals surface area (Å²) in [7, 11) is 0. The van der Waals surface area contributed by atoms with Crippen molar-refractivity contribution in [2.45, 2.75) is 24.5 Å². The van der Waals surface area contributed by atoms with Gasteiger partial charge in [-0.25, -0.2) is 15.0 Å². The Morgan fingerprint density at radius 3 is 2.78 bits per heavy atom. The van der Waals surface area contributed by atoms with Crippen molar-refractivity contribution in [2.75, 3.05) is 6.61 Å². The van der Waals surface area contributed by atoms with E-state index < -0.39 is 31.1 Å². The van der Waals surface area contributed by atoms with Crippen molar-refractivity contribution in [2.24, 2.45) is 5.73 Å². The molecule has 0 radical (unpaired) electrons. The molecule has 0 bridgehead atoms. The fraction of sp³-hybridized carbons (Fsp3) is 0.385. The largest absolute Gasteiger partial charge is 0.403 e. The molecular formula is C13H14N6O4. The van der Waals surface area contributed by atoms with Gasteiger partial charge < -0.3 is 25.8 Å². The van der Waals surface area contributed by atoms with Crippen LogP contribution in [0, 0.1) is 11.3 Å². The third kappa shape index (κ3) is 2.32. The first-order valence-corrected chi connectivity index (χ1v) is 6.74. The molecule has 0 unspecified atom stereocenters. The van der Waals surface area contributed by atoms with Crippen LogP contribution < -0.4 is 5.73 Å². The number of rotatable bonds is 3. The number of hydrogen-bond acceptors (Lipinski definition) is 9. The number of nitriles is 1. The third-order valence-electron chi connectivity index (χ3n) is 3.69. The Labute approximate surface area is 130 Å². The first kappa shape index (κ1) is 15.3. The summed E-state index contributed by atoms with van der Waals surface area (Å²) in [6.45, 7) is -0.434. The van der Waals surface area contributed by atoms with Crippen molar-refractivity contribution in [3.63, 3.8) is 0 Å². The van der Waals surface area contributed by atoms with Crippen LogP contribution in [-0.2, 0) is 4.74 Å². The van der Waals surface area contributed by atoms with Crippen molar-refractivity contribution >= 4 is 16.7 Å². The molecule has 3 rings (SSSR count). The molecule has 10 nitrogen and oxygen atoms in total. The molecule has 1 aliphatic heterocycles. The summed E-state index contributed by atoms with van der Waals surface area (Å²) in [5.74, 6) is 0. The highest BCUT2D eigenvalue weighted by Gasteiger charge is 2.44. The van der Waals surface area contributed by atoms with E-state index in [2.05, 4.69) is 15.0 Å². The summed E-state index contributed by atoms with van der Waals surface area (Å²) in [5, 5.41) is 38.2. The van der Waals surface area contributed by atoms with Crippen LogP contribution in [0.5, 0.6) is 0 Å². The first-order chi connectivity index (χ1) is 11.1. The minimum absolute atomic E-state index is 0.129. The molecule has 10 heteroatoms. The SMILES string of the molecule is N#C/C(=C\N)c1ncnc2c1ncn2[C@@H]1O[C@H](CO)[C@@H](O)[C@H]1O. The lowest BCUT2D eigenvalue weighted by molar-refractivity contribution is -0.0511. The van der Waals surface area contributed by atoms with Gasteiger partial charge in [-0.1, -0.05) is 0 Å². The number of aliphatic hydroxyl groups is 3. The van der Waals surface area contributed by atoms with Crippen molar-refractivity contribution < 1.29 is 20.1 Å². The van der Waals surface area contributed by atoms with E-state index in [0.717, 1.165) is 6.20 Å². The van der Waals surface area contributed by atoms with Crippen LogP contribution in [0.25, 0.3) is 16.7 Å². The van der Waals surface area contributed by atoms with Gasteiger partial charge in [-0.15, -0.1) is 0 Å². The topological polar surface area (TPSA) is 163 Å². The monoisotopic (exact) mass is 318 g/mol. The highest BCUT2D eigenvalue weighted by Crippen LogP contribution is 2.32. The van der Waals surface area contributed by atoms with Crippen LogP contribution in [0.4, 0.5) is 0 Å². The molecular weight excluding hydrogens is 304 g/mol. The highest BCUT2D eigenvalue weighted by molar-refractivity contribution is 5.89. The molecule has 0 aromatic carbocycles. The first-order valence-electron chi connectivity index (χ1n) is 6.74. The highest BCUT2D eigenvalue weighted by atomic mass is 16.6. The number of hydrogen-bond donors (Lipinski definition) is 4. The summed E-state index contributed by atoms with van der Waals surface area (Å²) in [5.41, 5.74) is 6.40. The molecule has 3 heterocycles. The van der Waals surface area contributed by atoms with E-state index in [1.807, 2.05) is 6.07 Å². The number of imidazole rings is 1. The Morgan fingerprint density at radius 2 is 2.17 bits per heavy atom. The predicted octanol–water partition coefficient (Wildman–Crippen LogP) is -1.74.